The van der Waals surface area contributed by atoms with Crippen LogP contribution in [0.5, 0.6) is 0 Å². The van der Waals surface area contributed by atoms with Gasteiger partial charge in [0.1, 0.15) is 12.7 Å². The van der Waals surface area contributed by atoms with Crippen molar-refractivity contribution in [3.8, 4) is 0 Å². The lowest BCUT2D eigenvalue weighted by Crippen LogP contribution is -2.45. The van der Waals surface area contributed by atoms with Crippen molar-refractivity contribution in [2.45, 2.75) is 98.4 Å². The molecule has 10 atom stereocenters. The Hall–Kier alpha value is -1.63. The second-order valence-corrected chi connectivity index (χ2v) is 13.5. The minimum Gasteiger partial charge on any atom is -0.481 e. The molecule has 0 aromatic heterocycles. The predicted molar refractivity (Wildman–Crippen MR) is 127 cm³/mol. The van der Waals surface area contributed by atoms with Crippen LogP contribution in [-0.2, 0) is 28.6 Å². The smallest absolute Gasteiger partial charge is 0.314 e. The summed E-state index contributed by atoms with van der Waals surface area (Å²) in [6, 6.07) is 0. The Kier molecular flexibility index (Phi) is 6.05. The second-order valence-electron chi connectivity index (χ2n) is 13.5. The topological polar surface area (TPSA) is 102 Å². The monoisotopic (exact) mass is 490 g/mol. The first-order valence-electron chi connectivity index (χ1n) is 13.6. The van der Waals surface area contributed by atoms with Crippen molar-refractivity contribution >= 4 is 17.9 Å². The molecule has 0 spiro atoms. The summed E-state index contributed by atoms with van der Waals surface area (Å²) in [6.45, 7) is 9.09. The maximum Gasteiger partial charge on any atom is 0.314 e. The summed E-state index contributed by atoms with van der Waals surface area (Å²) in [5.74, 6) is 2.74. The van der Waals surface area contributed by atoms with E-state index in [2.05, 4.69) is 0 Å². The fourth-order valence-electron chi connectivity index (χ4n) is 8.75. The molecule has 10 unspecified atom stereocenters. The van der Waals surface area contributed by atoms with E-state index in [9.17, 15) is 19.5 Å². The van der Waals surface area contributed by atoms with E-state index in [4.69, 9.17) is 14.2 Å². The molecule has 5 rings (SSSR count). The number of aliphatic carboxylic acids is 1. The van der Waals surface area contributed by atoms with E-state index in [-0.39, 0.29) is 24.9 Å². The normalized spacial score (nSPS) is 40.0. The Balaban J connectivity index is 1.31. The molecule has 35 heavy (non-hydrogen) atoms. The average molecular weight is 491 g/mol. The molecule has 1 aliphatic heterocycles. The number of epoxide rings is 1. The number of carboxylic acids is 1. The van der Waals surface area contributed by atoms with E-state index in [1.165, 1.54) is 25.7 Å². The number of rotatable bonds is 10. The minimum absolute atomic E-state index is 0.0208. The highest BCUT2D eigenvalue weighted by Gasteiger charge is 2.63. The lowest BCUT2D eigenvalue weighted by molar-refractivity contribution is -0.174. The maximum absolute atomic E-state index is 13.7. The molecule has 0 aromatic rings. The second kappa shape index (κ2) is 8.46. The third-order valence-electron chi connectivity index (χ3n) is 10.4. The summed E-state index contributed by atoms with van der Waals surface area (Å²) in [5, 5.41) is 9.75. The van der Waals surface area contributed by atoms with Crippen molar-refractivity contribution in [3.05, 3.63) is 0 Å². The number of carboxylic acid groups (broad SMARTS) is 1. The molecule has 4 saturated carbocycles. The summed E-state index contributed by atoms with van der Waals surface area (Å²) < 4.78 is 16.8. The first-order chi connectivity index (χ1) is 16.4. The fraction of sp³-hybridized carbons (Fsp3) is 0.893. The third-order valence-corrected chi connectivity index (χ3v) is 10.4. The van der Waals surface area contributed by atoms with Crippen LogP contribution in [0.15, 0.2) is 0 Å². The van der Waals surface area contributed by atoms with Gasteiger partial charge in [0, 0.05) is 0 Å². The molecule has 4 aliphatic carbocycles. The molecule has 0 aromatic carbocycles. The van der Waals surface area contributed by atoms with Crippen LogP contribution >= 0.6 is 0 Å². The average Bonchev–Trinajstić information content (AvgIpc) is 3.14. The van der Waals surface area contributed by atoms with Crippen LogP contribution in [0.2, 0.25) is 0 Å². The molecule has 5 fully saturated rings. The summed E-state index contributed by atoms with van der Waals surface area (Å²) in [6.07, 6.45) is 6.42. The van der Waals surface area contributed by atoms with Crippen LogP contribution in [-0.4, -0.2) is 42.0 Å². The lowest BCUT2D eigenvalue weighted by Gasteiger charge is -2.41. The number of fused-ring (bicyclic) bond motifs is 9. The molecule has 1 heterocycles. The van der Waals surface area contributed by atoms with Gasteiger partial charge in [-0.1, -0.05) is 6.92 Å². The number of hydrogen-bond acceptors (Lipinski definition) is 6. The van der Waals surface area contributed by atoms with E-state index in [1.807, 2.05) is 13.8 Å². The fourth-order valence-corrected chi connectivity index (χ4v) is 8.75. The highest BCUT2D eigenvalue weighted by atomic mass is 16.8. The molecule has 1 saturated heterocycles. The van der Waals surface area contributed by atoms with Gasteiger partial charge in [-0.05, 0) is 115 Å². The van der Waals surface area contributed by atoms with Crippen molar-refractivity contribution in [1.82, 2.24) is 0 Å². The molecular formula is C28H42O7. The van der Waals surface area contributed by atoms with Gasteiger partial charge < -0.3 is 19.3 Å². The molecular weight excluding hydrogens is 448 g/mol. The van der Waals surface area contributed by atoms with Gasteiger partial charge in [0.15, 0.2) is 0 Å². The molecule has 7 heteroatoms. The summed E-state index contributed by atoms with van der Waals surface area (Å²) in [7, 11) is 0. The Morgan fingerprint density at radius 2 is 1.49 bits per heavy atom. The van der Waals surface area contributed by atoms with Crippen molar-refractivity contribution in [2.75, 3.05) is 6.61 Å². The third kappa shape index (κ3) is 4.30. The van der Waals surface area contributed by atoms with Gasteiger partial charge in [0.25, 0.3) is 0 Å². The molecule has 0 amide bonds. The van der Waals surface area contributed by atoms with Crippen molar-refractivity contribution < 1.29 is 33.7 Å². The van der Waals surface area contributed by atoms with E-state index >= 15 is 0 Å². The van der Waals surface area contributed by atoms with Gasteiger partial charge in [-0.25, -0.2) is 0 Å². The SMILES string of the molecule is CCC(C)(CC(C)(CC(C)(C)C(=O)O)C(=O)OC1CO1)C(=O)OC1CC2CC1C1C3CCC(C3)C21. The first kappa shape index (κ1) is 25.0. The van der Waals surface area contributed by atoms with Gasteiger partial charge in [-0.3, -0.25) is 14.4 Å². The van der Waals surface area contributed by atoms with Gasteiger partial charge in [-0.2, -0.15) is 0 Å². The van der Waals surface area contributed by atoms with Crippen LogP contribution in [0.4, 0.5) is 0 Å². The maximum atomic E-state index is 13.7. The van der Waals surface area contributed by atoms with Gasteiger partial charge in [0.05, 0.1) is 16.2 Å². The van der Waals surface area contributed by atoms with Crippen LogP contribution in [0, 0.1) is 51.8 Å². The summed E-state index contributed by atoms with van der Waals surface area (Å²) in [5.41, 5.74) is -3.23. The zero-order valence-electron chi connectivity index (χ0n) is 21.9. The largest absolute Gasteiger partial charge is 0.481 e. The molecule has 0 radical (unpaired) electrons. The molecule has 196 valence electrons. The van der Waals surface area contributed by atoms with E-state index in [0.717, 1.165) is 30.1 Å². The Bertz CT molecular complexity index is 894. The van der Waals surface area contributed by atoms with Crippen LogP contribution in [0.3, 0.4) is 0 Å². The van der Waals surface area contributed by atoms with Gasteiger partial charge >= 0.3 is 17.9 Å². The molecule has 1 N–H and O–H groups in total. The summed E-state index contributed by atoms with van der Waals surface area (Å²) >= 11 is 0. The van der Waals surface area contributed by atoms with E-state index in [0.29, 0.717) is 24.9 Å². The predicted octanol–water partition coefficient (Wildman–Crippen LogP) is 4.81. The van der Waals surface area contributed by atoms with Crippen molar-refractivity contribution in [3.63, 3.8) is 0 Å². The zero-order valence-corrected chi connectivity index (χ0v) is 21.9. The van der Waals surface area contributed by atoms with Crippen LogP contribution in [0.25, 0.3) is 0 Å². The highest BCUT2D eigenvalue weighted by molar-refractivity contribution is 5.82. The molecule has 4 bridgehead atoms. The minimum atomic E-state index is -1.16. The molecule has 5 aliphatic rings. The number of ether oxygens (including phenoxy) is 3. The van der Waals surface area contributed by atoms with Crippen molar-refractivity contribution in [2.24, 2.45) is 51.8 Å². The number of hydrogen-bond donors (Lipinski definition) is 1. The van der Waals surface area contributed by atoms with Crippen molar-refractivity contribution in [1.29, 1.82) is 0 Å². The lowest BCUT2D eigenvalue weighted by atomic mass is 9.65. The number of carbonyl (C=O) groups excluding carboxylic acids is 2. The van der Waals surface area contributed by atoms with Crippen LogP contribution < -0.4 is 0 Å². The Morgan fingerprint density at radius 1 is 0.857 bits per heavy atom. The van der Waals surface area contributed by atoms with E-state index < -0.39 is 34.5 Å². The quantitative estimate of drug-likeness (QED) is 0.266. The van der Waals surface area contributed by atoms with Gasteiger partial charge in [-0.15, -0.1) is 0 Å². The standard InChI is InChI=1S/C28H42O7/c1-6-27(4,14-28(5,13-26(2,3)23(29)30)25(32)35-20-12-33-20)24(31)34-19-11-17-10-18(19)22-16-8-7-15(9-16)21(17)22/h15-22H,6-14H2,1-5H3,(H,29,30). The number of carbonyl (C=O) groups is 3. The Labute approximate surface area is 208 Å². The van der Waals surface area contributed by atoms with Gasteiger partial charge in [0.2, 0.25) is 6.29 Å². The zero-order chi connectivity index (χ0) is 25.3. The highest BCUT2D eigenvalue weighted by Crippen LogP contribution is 2.68. The summed E-state index contributed by atoms with van der Waals surface area (Å²) in [4.78, 5) is 38.8. The van der Waals surface area contributed by atoms with Crippen LogP contribution in [0.1, 0.15) is 86.0 Å². The first-order valence-corrected chi connectivity index (χ1v) is 13.6. The molecule has 7 nitrogen and oxygen atoms in total. The van der Waals surface area contributed by atoms with E-state index in [1.54, 1.807) is 20.8 Å². The Morgan fingerprint density at radius 3 is 2.09 bits per heavy atom. The number of esters is 2.